The molecule has 5 heteroatoms. The average Bonchev–Trinajstić information content (AvgIpc) is 2.47. The number of benzene rings is 2. The number of nitrogens with two attached hydrogens (primary N) is 1. The molecule has 2 rings (SSSR count). The molecule has 0 heterocycles. The van der Waals surface area contributed by atoms with Crippen LogP contribution in [0.15, 0.2) is 40.9 Å². The molecule has 0 saturated heterocycles. The van der Waals surface area contributed by atoms with Crippen molar-refractivity contribution in [2.75, 3.05) is 14.2 Å². The number of hydrogen-bond donors (Lipinski definition) is 1. The number of methoxy groups -OCH3 is 2. The SMILES string of the molecule is COc1cc(C(N)c2ccc(OC)c(Br)c2)ccc1F. The fourth-order valence-electron chi connectivity index (χ4n) is 1.94. The Morgan fingerprint density at radius 2 is 1.60 bits per heavy atom. The van der Waals surface area contributed by atoms with Crippen molar-refractivity contribution in [1.82, 2.24) is 0 Å². The predicted octanol–water partition coefficient (Wildman–Crippen LogP) is 3.65. The van der Waals surface area contributed by atoms with Crippen molar-refractivity contribution in [3.8, 4) is 11.5 Å². The largest absolute Gasteiger partial charge is 0.496 e. The molecule has 2 N–H and O–H groups in total. The number of hydrogen-bond acceptors (Lipinski definition) is 3. The van der Waals surface area contributed by atoms with E-state index in [-0.39, 0.29) is 11.8 Å². The van der Waals surface area contributed by atoms with Crippen LogP contribution in [0.2, 0.25) is 0 Å². The Morgan fingerprint density at radius 3 is 2.20 bits per heavy atom. The molecule has 0 aromatic heterocycles. The molecule has 0 spiro atoms. The van der Waals surface area contributed by atoms with Gasteiger partial charge in [0.25, 0.3) is 0 Å². The monoisotopic (exact) mass is 339 g/mol. The predicted molar refractivity (Wildman–Crippen MR) is 79.7 cm³/mol. The highest BCUT2D eigenvalue weighted by Gasteiger charge is 2.13. The third-order valence-electron chi connectivity index (χ3n) is 3.07. The second kappa shape index (κ2) is 6.24. The fraction of sp³-hybridized carbons (Fsp3) is 0.200. The Hall–Kier alpha value is -1.59. The number of halogens is 2. The maximum absolute atomic E-state index is 13.4. The molecule has 1 unspecified atom stereocenters. The van der Waals surface area contributed by atoms with Gasteiger partial charge < -0.3 is 15.2 Å². The summed E-state index contributed by atoms with van der Waals surface area (Å²) in [5.74, 6) is 0.516. The molecule has 0 aliphatic carbocycles. The van der Waals surface area contributed by atoms with Crippen LogP contribution in [0.25, 0.3) is 0 Å². The zero-order chi connectivity index (χ0) is 14.7. The minimum absolute atomic E-state index is 0.186. The van der Waals surface area contributed by atoms with Crippen molar-refractivity contribution in [3.63, 3.8) is 0 Å². The Bertz CT molecular complexity index is 619. The van der Waals surface area contributed by atoms with Gasteiger partial charge in [0.15, 0.2) is 11.6 Å². The van der Waals surface area contributed by atoms with Gasteiger partial charge in [0, 0.05) is 0 Å². The van der Waals surface area contributed by atoms with Crippen LogP contribution in [0.4, 0.5) is 4.39 Å². The third kappa shape index (κ3) is 2.94. The quantitative estimate of drug-likeness (QED) is 0.924. The lowest BCUT2D eigenvalue weighted by Gasteiger charge is -2.15. The second-order valence-corrected chi connectivity index (χ2v) is 5.12. The molecule has 20 heavy (non-hydrogen) atoms. The zero-order valence-electron chi connectivity index (χ0n) is 11.2. The lowest BCUT2D eigenvalue weighted by atomic mass is 9.99. The van der Waals surface area contributed by atoms with E-state index in [2.05, 4.69) is 15.9 Å². The van der Waals surface area contributed by atoms with Crippen molar-refractivity contribution in [1.29, 1.82) is 0 Å². The Balaban J connectivity index is 2.35. The van der Waals surface area contributed by atoms with E-state index in [0.717, 1.165) is 21.3 Å². The topological polar surface area (TPSA) is 44.5 Å². The molecule has 2 aromatic carbocycles. The third-order valence-corrected chi connectivity index (χ3v) is 3.69. The van der Waals surface area contributed by atoms with Crippen LogP contribution in [0.1, 0.15) is 17.2 Å². The molecule has 3 nitrogen and oxygen atoms in total. The zero-order valence-corrected chi connectivity index (χ0v) is 12.8. The summed E-state index contributed by atoms with van der Waals surface area (Å²) in [6.07, 6.45) is 0. The van der Waals surface area contributed by atoms with Crippen LogP contribution < -0.4 is 15.2 Å². The summed E-state index contributed by atoms with van der Waals surface area (Å²) in [5.41, 5.74) is 7.88. The minimum atomic E-state index is -0.403. The van der Waals surface area contributed by atoms with Gasteiger partial charge in [0.2, 0.25) is 0 Å². The Labute approximate surface area is 125 Å². The average molecular weight is 340 g/mol. The van der Waals surface area contributed by atoms with Crippen LogP contribution >= 0.6 is 15.9 Å². The van der Waals surface area contributed by atoms with Gasteiger partial charge >= 0.3 is 0 Å². The molecule has 0 aliphatic rings. The van der Waals surface area contributed by atoms with Crippen LogP contribution in [0.5, 0.6) is 11.5 Å². The van der Waals surface area contributed by atoms with Gasteiger partial charge in [-0.2, -0.15) is 0 Å². The van der Waals surface area contributed by atoms with Gasteiger partial charge in [-0.15, -0.1) is 0 Å². The highest BCUT2D eigenvalue weighted by atomic mass is 79.9. The summed E-state index contributed by atoms with van der Waals surface area (Å²) >= 11 is 3.42. The molecule has 0 fully saturated rings. The Kier molecular flexibility index (Phi) is 4.62. The first-order valence-corrected chi connectivity index (χ1v) is 6.78. The molecule has 0 aliphatic heterocycles. The molecular formula is C15H15BrFNO2. The first kappa shape index (κ1) is 14.8. The molecule has 1 atom stereocenters. The van der Waals surface area contributed by atoms with Gasteiger partial charge in [-0.1, -0.05) is 12.1 Å². The van der Waals surface area contributed by atoms with Crippen molar-refractivity contribution in [3.05, 3.63) is 57.8 Å². The van der Waals surface area contributed by atoms with Crippen LogP contribution in [-0.4, -0.2) is 14.2 Å². The molecule has 0 saturated carbocycles. The molecular weight excluding hydrogens is 325 g/mol. The van der Waals surface area contributed by atoms with Gasteiger partial charge in [-0.3, -0.25) is 0 Å². The maximum Gasteiger partial charge on any atom is 0.165 e. The van der Waals surface area contributed by atoms with Crippen molar-refractivity contribution >= 4 is 15.9 Å². The van der Waals surface area contributed by atoms with E-state index in [9.17, 15) is 4.39 Å². The van der Waals surface area contributed by atoms with Gasteiger partial charge in [-0.25, -0.2) is 4.39 Å². The Morgan fingerprint density at radius 1 is 1.00 bits per heavy atom. The molecule has 0 bridgehead atoms. The smallest absolute Gasteiger partial charge is 0.165 e. The number of ether oxygens (including phenoxy) is 2. The lowest BCUT2D eigenvalue weighted by Crippen LogP contribution is -2.12. The number of rotatable bonds is 4. The van der Waals surface area contributed by atoms with E-state index in [1.807, 2.05) is 18.2 Å². The standard InChI is InChI=1S/C15H15BrFNO2/c1-19-13-6-4-9(7-11(13)16)15(18)10-3-5-12(17)14(8-10)20-2/h3-8,15H,18H2,1-2H3. The van der Waals surface area contributed by atoms with E-state index in [4.69, 9.17) is 15.2 Å². The summed E-state index contributed by atoms with van der Waals surface area (Å²) in [5, 5.41) is 0. The van der Waals surface area contributed by atoms with Crippen LogP contribution in [0.3, 0.4) is 0 Å². The molecule has 0 amide bonds. The lowest BCUT2D eigenvalue weighted by molar-refractivity contribution is 0.385. The summed E-state index contributed by atoms with van der Waals surface area (Å²) in [6.45, 7) is 0. The molecule has 0 radical (unpaired) electrons. The van der Waals surface area contributed by atoms with Crippen molar-refractivity contribution in [2.24, 2.45) is 5.73 Å². The van der Waals surface area contributed by atoms with Crippen molar-refractivity contribution < 1.29 is 13.9 Å². The van der Waals surface area contributed by atoms with Crippen molar-refractivity contribution in [2.45, 2.75) is 6.04 Å². The normalized spacial score (nSPS) is 12.1. The van der Waals surface area contributed by atoms with E-state index < -0.39 is 5.82 Å². The van der Waals surface area contributed by atoms with Crippen LogP contribution in [-0.2, 0) is 0 Å². The van der Waals surface area contributed by atoms with E-state index in [0.29, 0.717) is 0 Å². The summed E-state index contributed by atoms with van der Waals surface area (Å²) in [6, 6.07) is 9.85. The summed E-state index contributed by atoms with van der Waals surface area (Å²) in [4.78, 5) is 0. The summed E-state index contributed by atoms with van der Waals surface area (Å²) < 4.78 is 24.4. The van der Waals surface area contributed by atoms with E-state index in [1.54, 1.807) is 19.2 Å². The van der Waals surface area contributed by atoms with Gasteiger partial charge in [0.1, 0.15) is 5.75 Å². The molecule has 106 valence electrons. The highest BCUT2D eigenvalue weighted by Crippen LogP contribution is 2.31. The first-order valence-electron chi connectivity index (χ1n) is 5.99. The fourth-order valence-corrected chi connectivity index (χ4v) is 2.50. The summed E-state index contributed by atoms with van der Waals surface area (Å²) in [7, 11) is 3.03. The van der Waals surface area contributed by atoms with Crippen LogP contribution in [0, 0.1) is 5.82 Å². The van der Waals surface area contributed by atoms with Gasteiger partial charge in [-0.05, 0) is 51.3 Å². The van der Waals surface area contributed by atoms with E-state index in [1.165, 1.54) is 13.2 Å². The highest BCUT2D eigenvalue weighted by molar-refractivity contribution is 9.10. The first-order chi connectivity index (χ1) is 9.56. The van der Waals surface area contributed by atoms with Gasteiger partial charge in [0.05, 0.1) is 24.7 Å². The minimum Gasteiger partial charge on any atom is -0.496 e. The van der Waals surface area contributed by atoms with E-state index >= 15 is 0 Å². The second-order valence-electron chi connectivity index (χ2n) is 4.27. The molecule has 2 aromatic rings. The maximum atomic E-state index is 13.4.